The van der Waals surface area contributed by atoms with Crippen LogP contribution in [0.15, 0.2) is 23.5 Å². The number of oxime groups is 1. The lowest BCUT2D eigenvalue weighted by Crippen LogP contribution is -2.25. The number of pyridine rings is 1. The first kappa shape index (κ1) is 11.9. The second-order valence-corrected chi connectivity index (χ2v) is 4.40. The van der Waals surface area contributed by atoms with Gasteiger partial charge >= 0.3 is 0 Å². The van der Waals surface area contributed by atoms with Crippen LogP contribution in [0.5, 0.6) is 0 Å². The van der Waals surface area contributed by atoms with Gasteiger partial charge in [0.15, 0.2) is 5.84 Å². The maximum absolute atomic E-state index is 8.59. The zero-order valence-electron chi connectivity index (χ0n) is 9.76. The molecule has 0 radical (unpaired) electrons. The van der Waals surface area contributed by atoms with Crippen molar-refractivity contribution in [1.82, 2.24) is 10.3 Å². The lowest BCUT2D eigenvalue weighted by molar-refractivity contribution is 0.318. The monoisotopic (exact) mass is 234 g/mol. The number of nitrogens with zero attached hydrogens (tertiary/aromatic N) is 2. The molecule has 5 heteroatoms. The molecule has 0 amide bonds. The van der Waals surface area contributed by atoms with Gasteiger partial charge in [-0.2, -0.15) is 0 Å². The van der Waals surface area contributed by atoms with Crippen molar-refractivity contribution in [3.05, 3.63) is 29.6 Å². The zero-order valence-corrected chi connectivity index (χ0v) is 9.76. The predicted octanol–water partition coefficient (Wildman–Crippen LogP) is 1.21. The van der Waals surface area contributed by atoms with E-state index in [0.29, 0.717) is 11.7 Å². The Kier molecular flexibility index (Phi) is 3.93. The molecule has 5 nitrogen and oxygen atoms in total. The molecule has 0 aromatic carbocycles. The van der Waals surface area contributed by atoms with E-state index in [1.807, 2.05) is 12.1 Å². The fourth-order valence-electron chi connectivity index (χ4n) is 2.17. The minimum absolute atomic E-state index is 0.0488. The van der Waals surface area contributed by atoms with E-state index in [9.17, 15) is 0 Å². The van der Waals surface area contributed by atoms with Gasteiger partial charge in [0, 0.05) is 18.8 Å². The average Bonchev–Trinajstić information content (AvgIpc) is 2.89. The molecule has 1 aliphatic rings. The van der Waals surface area contributed by atoms with E-state index >= 15 is 0 Å². The van der Waals surface area contributed by atoms with Crippen LogP contribution in [-0.4, -0.2) is 22.1 Å². The molecule has 17 heavy (non-hydrogen) atoms. The molecular formula is C12H18N4O. The van der Waals surface area contributed by atoms with E-state index in [4.69, 9.17) is 10.9 Å². The molecule has 1 aromatic heterocycles. The first-order chi connectivity index (χ1) is 8.29. The highest BCUT2D eigenvalue weighted by atomic mass is 16.4. The molecule has 4 N–H and O–H groups in total. The molecule has 0 spiro atoms. The summed E-state index contributed by atoms with van der Waals surface area (Å²) in [6.45, 7) is 0.804. The van der Waals surface area contributed by atoms with Crippen LogP contribution in [-0.2, 0) is 6.54 Å². The first-order valence-corrected chi connectivity index (χ1v) is 5.96. The molecule has 2 rings (SSSR count). The number of amidine groups is 1. The van der Waals surface area contributed by atoms with Crippen molar-refractivity contribution in [1.29, 1.82) is 0 Å². The standard InChI is InChI=1S/C12H18N4O/c13-12(16-17)11-7-9(5-6-14-11)8-15-10-3-1-2-4-10/h5-7,10,15,17H,1-4,8H2,(H2,13,16). The van der Waals surface area contributed by atoms with Gasteiger partial charge in [-0.1, -0.05) is 18.0 Å². The molecule has 0 atom stereocenters. The van der Waals surface area contributed by atoms with Crippen LogP contribution < -0.4 is 11.1 Å². The number of nitrogens with two attached hydrogens (primary N) is 1. The van der Waals surface area contributed by atoms with Crippen molar-refractivity contribution in [3.63, 3.8) is 0 Å². The summed E-state index contributed by atoms with van der Waals surface area (Å²) in [6, 6.07) is 4.42. The van der Waals surface area contributed by atoms with Gasteiger partial charge in [0.05, 0.1) is 0 Å². The molecule has 1 saturated carbocycles. The van der Waals surface area contributed by atoms with Gasteiger partial charge in [-0.25, -0.2) is 0 Å². The SMILES string of the molecule is N/C(=N\O)c1cc(CNC2CCCC2)ccn1. The number of hydrogen-bond donors (Lipinski definition) is 3. The van der Waals surface area contributed by atoms with E-state index in [1.54, 1.807) is 6.20 Å². The molecule has 1 fully saturated rings. The van der Waals surface area contributed by atoms with Gasteiger partial charge in [0.25, 0.3) is 0 Å². The highest BCUT2D eigenvalue weighted by Crippen LogP contribution is 2.18. The summed E-state index contributed by atoms with van der Waals surface area (Å²) < 4.78 is 0. The number of aromatic nitrogens is 1. The highest BCUT2D eigenvalue weighted by Gasteiger charge is 2.13. The molecule has 0 unspecified atom stereocenters. The summed E-state index contributed by atoms with van der Waals surface area (Å²) in [4.78, 5) is 4.05. The van der Waals surface area contributed by atoms with E-state index in [-0.39, 0.29) is 5.84 Å². The minimum atomic E-state index is 0.0488. The Labute approximate surface area is 101 Å². The van der Waals surface area contributed by atoms with E-state index in [2.05, 4.69) is 15.5 Å². The molecule has 92 valence electrons. The number of rotatable bonds is 4. The van der Waals surface area contributed by atoms with Gasteiger partial charge in [-0.3, -0.25) is 4.98 Å². The van der Waals surface area contributed by atoms with Crippen LogP contribution in [0, 0.1) is 0 Å². The lowest BCUT2D eigenvalue weighted by atomic mass is 10.2. The summed E-state index contributed by atoms with van der Waals surface area (Å²) >= 11 is 0. The van der Waals surface area contributed by atoms with Crippen LogP contribution in [0.25, 0.3) is 0 Å². The smallest absolute Gasteiger partial charge is 0.188 e. The van der Waals surface area contributed by atoms with Crippen molar-refractivity contribution >= 4 is 5.84 Å². The molecule has 1 heterocycles. The van der Waals surface area contributed by atoms with Crippen LogP contribution in [0.1, 0.15) is 36.9 Å². The average molecular weight is 234 g/mol. The molecule has 1 aromatic rings. The first-order valence-electron chi connectivity index (χ1n) is 5.96. The quantitative estimate of drug-likeness (QED) is 0.316. The zero-order chi connectivity index (χ0) is 12.1. The van der Waals surface area contributed by atoms with Gasteiger partial charge in [0.1, 0.15) is 5.69 Å². The predicted molar refractivity (Wildman–Crippen MR) is 65.8 cm³/mol. The fraction of sp³-hybridized carbons (Fsp3) is 0.500. The minimum Gasteiger partial charge on any atom is -0.409 e. The number of nitrogens with one attached hydrogen (secondary N) is 1. The Bertz CT molecular complexity index is 399. The van der Waals surface area contributed by atoms with Crippen molar-refractivity contribution in [3.8, 4) is 0 Å². The summed E-state index contributed by atoms with van der Waals surface area (Å²) in [7, 11) is 0. The normalized spacial score (nSPS) is 17.5. The third kappa shape index (κ3) is 3.17. The fourth-order valence-corrected chi connectivity index (χ4v) is 2.17. The Morgan fingerprint density at radius 2 is 2.29 bits per heavy atom. The molecule has 0 aliphatic heterocycles. The van der Waals surface area contributed by atoms with E-state index in [1.165, 1.54) is 25.7 Å². The maximum atomic E-state index is 8.59. The Hall–Kier alpha value is -1.62. The Morgan fingerprint density at radius 1 is 1.53 bits per heavy atom. The van der Waals surface area contributed by atoms with Gasteiger partial charge in [0.2, 0.25) is 0 Å². The van der Waals surface area contributed by atoms with Gasteiger partial charge < -0.3 is 16.3 Å². The Balaban J connectivity index is 1.96. The van der Waals surface area contributed by atoms with Gasteiger partial charge in [-0.05, 0) is 30.5 Å². The van der Waals surface area contributed by atoms with Crippen LogP contribution >= 0.6 is 0 Å². The van der Waals surface area contributed by atoms with Crippen molar-refractivity contribution < 1.29 is 5.21 Å². The highest BCUT2D eigenvalue weighted by molar-refractivity contribution is 5.95. The second kappa shape index (κ2) is 5.63. The van der Waals surface area contributed by atoms with Crippen LogP contribution in [0.2, 0.25) is 0 Å². The van der Waals surface area contributed by atoms with E-state index in [0.717, 1.165) is 12.1 Å². The molecular weight excluding hydrogens is 216 g/mol. The largest absolute Gasteiger partial charge is 0.409 e. The molecule has 0 saturated heterocycles. The third-order valence-electron chi connectivity index (χ3n) is 3.14. The van der Waals surface area contributed by atoms with E-state index < -0.39 is 0 Å². The summed E-state index contributed by atoms with van der Waals surface area (Å²) in [5.41, 5.74) is 7.12. The number of hydrogen-bond acceptors (Lipinski definition) is 4. The van der Waals surface area contributed by atoms with Crippen molar-refractivity contribution in [2.24, 2.45) is 10.9 Å². The van der Waals surface area contributed by atoms with Crippen LogP contribution in [0.3, 0.4) is 0 Å². The summed E-state index contributed by atoms with van der Waals surface area (Å²) in [5, 5.41) is 15.0. The second-order valence-electron chi connectivity index (χ2n) is 4.40. The molecule has 0 bridgehead atoms. The molecule has 1 aliphatic carbocycles. The maximum Gasteiger partial charge on any atom is 0.188 e. The summed E-state index contributed by atoms with van der Waals surface area (Å²) in [6.07, 6.45) is 6.85. The Morgan fingerprint density at radius 3 is 3.00 bits per heavy atom. The third-order valence-corrected chi connectivity index (χ3v) is 3.14. The van der Waals surface area contributed by atoms with Crippen LogP contribution in [0.4, 0.5) is 0 Å². The van der Waals surface area contributed by atoms with Crippen molar-refractivity contribution in [2.45, 2.75) is 38.3 Å². The summed E-state index contributed by atoms with van der Waals surface area (Å²) in [5.74, 6) is 0.0488. The lowest BCUT2D eigenvalue weighted by Gasteiger charge is -2.11. The van der Waals surface area contributed by atoms with Gasteiger partial charge in [-0.15, -0.1) is 0 Å². The topological polar surface area (TPSA) is 83.5 Å². The van der Waals surface area contributed by atoms with Crippen molar-refractivity contribution in [2.75, 3.05) is 0 Å².